The Morgan fingerprint density at radius 3 is 2.87 bits per heavy atom. The van der Waals surface area contributed by atoms with Gasteiger partial charge in [-0.1, -0.05) is 13.3 Å². The van der Waals surface area contributed by atoms with Crippen molar-refractivity contribution >= 4 is 22.6 Å². The Labute approximate surface area is 93.9 Å². The van der Waals surface area contributed by atoms with Crippen molar-refractivity contribution in [2.75, 3.05) is 24.2 Å². The molecule has 86 valence electrons. The lowest BCUT2D eigenvalue weighted by atomic mass is 10.0. The first-order valence-corrected chi connectivity index (χ1v) is 5.97. The van der Waals surface area contributed by atoms with Gasteiger partial charge in [0.15, 0.2) is 0 Å². The standard InChI is InChI=1S/C9H18N4OS/c1-2-3-7(4-5-14)6-11-9-12-8(10)13-15-9/h7,14H,2-6H2,1H3,(H3,10,11,12,13). The molecule has 0 aliphatic rings. The number of aliphatic hydroxyl groups is 1. The lowest BCUT2D eigenvalue weighted by Crippen LogP contribution is -2.15. The molecule has 1 unspecified atom stereocenters. The maximum Gasteiger partial charge on any atom is 0.233 e. The fourth-order valence-electron chi connectivity index (χ4n) is 1.48. The molecular weight excluding hydrogens is 212 g/mol. The minimum absolute atomic E-state index is 0.241. The van der Waals surface area contributed by atoms with Crippen LogP contribution in [0.2, 0.25) is 0 Å². The molecule has 4 N–H and O–H groups in total. The maximum absolute atomic E-state index is 8.89. The summed E-state index contributed by atoms with van der Waals surface area (Å²) in [6.45, 7) is 3.21. The molecule has 0 saturated carbocycles. The second kappa shape index (κ2) is 6.58. The minimum atomic E-state index is 0.241. The number of nitrogens with two attached hydrogens (primary N) is 1. The van der Waals surface area contributed by atoms with E-state index in [4.69, 9.17) is 10.8 Å². The molecule has 15 heavy (non-hydrogen) atoms. The molecular formula is C9H18N4OS. The molecule has 1 aromatic heterocycles. The van der Waals surface area contributed by atoms with Gasteiger partial charge in [0, 0.05) is 24.7 Å². The molecule has 0 bridgehead atoms. The lowest BCUT2D eigenvalue weighted by molar-refractivity contribution is 0.255. The first-order valence-electron chi connectivity index (χ1n) is 5.20. The van der Waals surface area contributed by atoms with Gasteiger partial charge in [0.25, 0.3) is 0 Å². The van der Waals surface area contributed by atoms with E-state index in [1.807, 2.05) is 0 Å². The number of hydrogen-bond acceptors (Lipinski definition) is 6. The number of nitrogens with one attached hydrogen (secondary N) is 1. The van der Waals surface area contributed by atoms with Crippen LogP contribution in [-0.4, -0.2) is 27.6 Å². The Bertz CT molecular complexity index is 273. The fourth-order valence-corrected chi connectivity index (χ4v) is 1.98. The van der Waals surface area contributed by atoms with Crippen LogP contribution in [0.4, 0.5) is 11.1 Å². The molecule has 1 aromatic rings. The Hall–Kier alpha value is -0.880. The van der Waals surface area contributed by atoms with E-state index < -0.39 is 0 Å². The Morgan fingerprint density at radius 2 is 2.33 bits per heavy atom. The predicted octanol–water partition coefficient (Wildman–Crippen LogP) is 1.33. The maximum atomic E-state index is 8.89. The van der Waals surface area contributed by atoms with Gasteiger partial charge in [-0.25, -0.2) is 0 Å². The van der Waals surface area contributed by atoms with Crippen LogP contribution < -0.4 is 11.1 Å². The van der Waals surface area contributed by atoms with Crippen molar-refractivity contribution in [2.45, 2.75) is 26.2 Å². The molecule has 0 saturated heterocycles. The van der Waals surface area contributed by atoms with E-state index in [0.29, 0.717) is 11.9 Å². The van der Waals surface area contributed by atoms with Gasteiger partial charge in [0.2, 0.25) is 11.1 Å². The molecule has 0 spiro atoms. The van der Waals surface area contributed by atoms with E-state index in [1.165, 1.54) is 11.5 Å². The van der Waals surface area contributed by atoms with Crippen molar-refractivity contribution in [3.63, 3.8) is 0 Å². The van der Waals surface area contributed by atoms with Gasteiger partial charge < -0.3 is 16.2 Å². The van der Waals surface area contributed by atoms with Crippen LogP contribution in [-0.2, 0) is 0 Å². The summed E-state index contributed by atoms with van der Waals surface area (Å²) in [5.74, 6) is 0.807. The van der Waals surface area contributed by atoms with Crippen LogP contribution in [0.5, 0.6) is 0 Å². The molecule has 0 aliphatic carbocycles. The zero-order valence-corrected chi connectivity index (χ0v) is 9.76. The Balaban J connectivity index is 2.32. The molecule has 6 heteroatoms. The highest BCUT2D eigenvalue weighted by atomic mass is 32.1. The molecule has 1 rings (SSSR count). The molecule has 5 nitrogen and oxygen atoms in total. The first-order chi connectivity index (χ1) is 7.26. The van der Waals surface area contributed by atoms with E-state index in [1.54, 1.807) is 0 Å². The summed E-state index contributed by atoms with van der Waals surface area (Å²) < 4.78 is 3.88. The molecule has 0 aliphatic heterocycles. The molecule has 0 aromatic carbocycles. The number of nitrogens with zero attached hydrogens (tertiary/aromatic N) is 2. The summed E-state index contributed by atoms with van der Waals surface area (Å²) in [5, 5.41) is 12.8. The van der Waals surface area contributed by atoms with Gasteiger partial charge >= 0.3 is 0 Å². The minimum Gasteiger partial charge on any atom is -0.396 e. The van der Waals surface area contributed by atoms with Crippen molar-refractivity contribution in [1.82, 2.24) is 9.36 Å². The monoisotopic (exact) mass is 230 g/mol. The summed E-state index contributed by atoms with van der Waals surface area (Å²) in [6.07, 6.45) is 3.07. The molecule has 0 radical (unpaired) electrons. The third-order valence-corrected chi connectivity index (χ3v) is 2.90. The van der Waals surface area contributed by atoms with Gasteiger partial charge in [-0.15, -0.1) is 0 Å². The summed E-state index contributed by atoms with van der Waals surface area (Å²) in [5.41, 5.74) is 5.41. The smallest absolute Gasteiger partial charge is 0.233 e. The summed E-state index contributed by atoms with van der Waals surface area (Å²) in [4.78, 5) is 4.01. The second-order valence-corrected chi connectivity index (χ2v) is 4.26. The highest BCUT2D eigenvalue weighted by Crippen LogP contribution is 2.15. The highest BCUT2D eigenvalue weighted by Gasteiger charge is 2.08. The van der Waals surface area contributed by atoms with Crippen LogP contribution in [0.1, 0.15) is 26.2 Å². The molecule has 1 heterocycles. The fraction of sp³-hybridized carbons (Fsp3) is 0.778. The van der Waals surface area contributed by atoms with Crippen LogP contribution in [0, 0.1) is 5.92 Å². The topological polar surface area (TPSA) is 84.1 Å². The summed E-state index contributed by atoms with van der Waals surface area (Å²) in [7, 11) is 0. The zero-order valence-electron chi connectivity index (χ0n) is 8.94. The largest absolute Gasteiger partial charge is 0.396 e. The summed E-state index contributed by atoms with van der Waals surface area (Å²) >= 11 is 1.27. The van der Waals surface area contributed by atoms with Crippen molar-refractivity contribution in [3.8, 4) is 0 Å². The Kier molecular flexibility index (Phi) is 5.34. The van der Waals surface area contributed by atoms with Crippen molar-refractivity contribution in [3.05, 3.63) is 0 Å². The molecule has 1 atom stereocenters. The number of anilines is 2. The highest BCUT2D eigenvalue weighted by molar-refractivity contribution is 7.09. The number of rotatable bonds is 7. The van der Waals surface area contributed by atoms with E-state index in [-0.39, 0.29) is 6.61 Å². The van der Waals surface area contributed by atoms with Crippen molar-refractivity contribution in [1.29, 1.82) is 0 Å². The second-order valence-electron chi connectivity index (χ2n) is 3.51. The van der Waals surface area contributed by atoms with Gasteiger partial charge in [-0.05, 0) is 18.8 Å². The SMILES string of the molecule is CCCC(CCO)CNc1nc(N)ns1. The normalized spacial score (nSPS) is 12.7. The van der Waals surface area contributed by atoms with Gasteiger partial charge in [-0.3, -0.25) is 0 Å². The third-order valence-electron chi connectivity index (χ3n) is 2.22. The van der Waals surface area contributed by atoms with E-state index in [0.717, 1.165) is 30.9 Å². The van der Waals surface area contributed by atoms with Gasteiger partial charge in [-0.2, -0.15) is 9.36 Å². The van der Waals surface area contributed by atoms with Crippen LogP contribution in [0.25, 0.3) is 0 Å². The number of hydrogen-bond donors (Lipinski definition) is 3. The van der Waals surface area contributed by atoms with Crippen LogP contribution in [0.3, 0.4) is 0 Å². The van der Waals surface area contributed by atoms with Crippen molar-refractivity contribution in [2.24, 2.45) is 5.92 Å². The summed E-state index contributed by atoms with van der Waals surface area (Å²) in [6, 6.07) is 0. The lowest BCUT2D eigenvalue weighted by Gasteiger charge is -2.14. The quantitative estimate of drug-likeness (QED) is 0.658. The molecule has 0 fully saturated rings. The van der Waals surface area contributed by atoms with Crippen molar-refractivity contribution < 1.29 is 5.11 Å². The van der Waals surface area contributed by atoms with Gasteiger partial charge in [0.05, 0.1) is 0 Å². The average Bonchev–Trinajstić information content (AvgIpc) is 2.61. The number of aromatic nitrogens is 2. The first kappa shape index (κ1) is 12.2. The van der Waals surface area contributed by atoms with E-state index in [9.17, 15) is 0 Å². The van der Waals surface area contributed by atoms with Crippen LogP contribution >= 0.6 is 11.5 Å². The molecule has 0 amide bonds. The van der Waals surface area contributed by atoms with E-state index >= 15 is 0 Å². The zero-order chi connectivity index (χ0) is 11.1. The number of aliphatic hydroxyl groups excluding tert-OH is 1. The van der Waals surface area contributed by atoms with E-state index in [2.05, 4.69) is 21.6 Å². The van der Waals surface area contributed by atoms with Gasteiger partial charge in [0.1, 0.15) is 0 Å². The average molecular weight is 230 g/mol. The third kappa shape index (κ3) is 4.44. The number of nitrogen functional groups attached to an aromatic ring is 1. The predicted molar refractivity (Wildman–Crippen MR) is 62.9 cm³/mol. The Morgan fingerprint density at radius 1 is 1.53 bits per heavy atom. The van der Waals surface area contributed by atoms with Crippen LogP contribution in [0.15, 0.2) is 0 Å².